The zero-order chi connectivity index (χ0) is 15.9. The lowest BCUT2D eigenvalue weighted by Crippen LogP contribution is -2.08. The van der Waals surface area contributed by atoms with Crippen molar-refractivity contribution in [2.24, 2.45) is 0 Å². The topological polar surface area (TPSA) is 63.3 Å². The van der Waals surface area contributed by atoms with Crippen molar-refractivity contribution < 1.29 is 27.5 Å². The van der Waals surface area contributed by atoms with Crippen molar-refractivity contribution in [3.8, 4) is 10.4 Å². The zero-order valence-corrected chi connectivity index (χ0v) is 11.4. The average molecular weight is 319 g/mol. The molecule has 3 N–H and O–H groups in total. The van der Waals surface area contributed by atoms with Gasteiger partial charge in [0.05, 0.1) is 11.3 Å². The molecule has 0 unspecified atom stereocenters. The molecule has 0 saturated heterocycles. The normalized spacial score (nSPS) is 11.7. The first kappa shape index (κ1) is 15.3. The molecule has 0 aliphatic heterocycles. The smallest absolute Gasteiger partial charge is 0.419 e. The van der Waals surface area contributed by atoms with Gasteiger partial charge in [-0.2, -0.15) is 13.2 Å². The summed E-state index contributed by atoms with van der Waals surface area (Å²) in [6, 6.07) is 2.86. The fourth-order valence-electron chi connectivity index (χ4n) is 1.87. The van der Waals surface area contributed by atoms with Crippen LogP contribution in [-0.4, -0.2) is 11.1 Å². The number of anilines is 1. The minimum Gasteiger partial charge on any atom is -0.477 e. The summed E-state index contributed by atoms with van der Waals surface area (Å²) >= 11 is 0.649. The molecule has 3 nitrogen and oxygen atoms in total. The molecule has 0 bridgehead atoms. The summed E-state index contributed by atoms with van der Waals surface area (Å²) in [7, 11) is 0. The lowest BCUT2D eigenvalue weighted by atomic mass is 10.0. The van der Waals surface area contributed by atoms with Gasteiger partial charge in [-0.3, -0.25) is 0 Å². The Hall–Kier alpha value is -2.09. The van der Waals surface area contributed by atoms with Crippen LogP contribution >= 0.6 is 11.3 Å². The number of alkyl halides is 3. The van der Waals surface area contributed by atoms with Gasteiger partial charge >= 0.3 is 12.1 Å². The number of aromatic carboxylic acids is 1. The van der Waals surface area contributed by atoms with Gasteiger partial charge in [-0.15, -0.1) is 11.3 Å². The molecular formula is C13H9F4NO2S. The van der Waals surface area contributed by atoms with Gasteiger partial charge in [-0.1, -0.05) is 12.1 Å². The maximum Gasteiger partial charge on any atom is 0.419 e. The van der Waals surface area contributed by atoms with Crippen LogP contribution in [0.4, 0.5) is 23.2 Å². The minimum absolute atomic E-state index is 0.0701. The number of carboxylic acids is 1. The van der Waals surface area contributed by atoms with Gasteiger partial charge in [0.2, 0.25) is 0 Å². The first-order valence-corrected chi connectivity index (χ1v) is 6.44. The van der Waals surface area contributed by atoms with Crippen molar-refractivity contribution in [3.63, 3.8) is 0 Å². The van der Waals surface area contributed by atoms with E-state index in [1.165, 1.54) is 6.92 Å². The van der Waals surface area contributed by atoms with Gasteiger partial charge in [0.25, 0.3) is 0 Å². The molecule has 0 radical (unpaired) electrons. The largest absolute Gasteiger partial charge is 0.477 e. The maximum absolute atomic E-state index is 14.1. The Balaban J connectivity index is 2.69. The molecule has 112 valence electrons. The van der Waals surface area contributed by atoms with Crippen LogP contribution in [-0.2, 0) is 6.18 Å². The molecule has 2 aromatic rings. The van der Waals surface area contributed by atoms with Gasteiger partial charge in [-0.25, -0.2) is 9.18 Å². The van der Waals surface area contributed by atoms with E-state index in [0.717, 1.165) is 12.1 Å². The molecule has 2 rings (SSSR count). The summed E-state index contributed by atoms with van der Waals surface area (Å²) in [5.41, 5.74) is 4.06. The average Bonchev–Trinajstić information content (AvgIpc) is 2.66. The van der Waals surface area contributed by atoms with E-state index in [0.29, 0.717) is 17.4 Å². The van der Waals surface area contributed by atoms with Gasteiger partial charge in [0.1, 0.15) is 10.7 Å². The van der Waals surface area contributed by atoms with Crippen LogP contribution in [0.25, 0.3) is 10.4 Å². The number of thiophene rings is 1. The molecular weight excluding hydrogens is 310 g/mol. The molecule has 1 aromatic heterocycles. The Kier molecular flexibility index (Phi) is 3.66. The molecule has 0 amide bonds. The number of rotatable bonds is 2. The van der Waals surface area contributed by atoms with Crippen LogP contribution in [0, 0.1) is 12.7 Å². The second kappa shape index (κ2) is 5.03. The summed E-state index contributed by atoms with van der Waals surface area (Å²) in [5.74, 6) is -2.74. The summed E-state index contributed by atoms with van der Waals surface area (Å²) in [6.45, 7) is 1.44. The van der Waals surface area contributed by atoms with Crippen LogP contribution in [0.5, 0.6) is 0 Å². The highest BCUT2D eigenvalue weighted by Gasteiger charge is 2.35. The molecule has 0 aliphatic rings. The molecule has 8 heteroatoms. The van der Waals surface area contributed by atoms with Crippen LogP contribution < -0.4 is 5.73 Å². The second-order valence-corrected chi connectivity index (χ2v) is 5.29. The molecule has 0 atom stereocenters. The lowest BCUT2D eigenvalue weighted by Gasteiger charge is -2.10. The van der Waals surface area contributed by atoms with Gasteiger partial charge in [0, 0.05) is 10.4 Å². The van der Waals surface area contributed by atoms with E-state index in [4.69, 9.17) is 10.8 Å². The number of carboxylic acid groups (broad SMARTS) is 1. The van der Waals surface area contributed by atoms with Gasteiger partial charge < -0.3 is 10.8 Å². The number of nitrogen functional groups attached to an aromatic ring is 1. The Morgan fingerprint density at radius 2 is 1.95 bits per heavy atom. The van der Waals surface area contributed by atoms with E-state index in [1.807, 2.05) is 0 Å². The molecule has 1 heterocycles. The predicted molar refractivity (Wildman–Crippen MR) is 70.8 cm³/mol. The molecule has 0 spiro atoms. The first-order chi connectivity index (χ1) is 9.64. The summed E-state index contributed by atoms with van der Waals surface area (Å²) in [4.78, 5) is 10.8. The van der Waals surface area contributed by atoms with E-state index in [2.05, 4.69) is 0 Å². The maximum atomic E-state index is 14.1. The zero-order valence-electron chi connectivity index (χ0n) is 10.6. The third-order valence-corrected chi connectivity index (χ3v) is 4.27. The van der Waals surface area contributed by atoms with Crippen LogP contribution in [0.3, 0.4) is 0 Å². The molecule has 0 aliphatic carbocycles. The highest BCUT2D eigenvalue weighted by atomic mass is 32.1. The number of hydrogen-bond acceptors (Lipinski definition) is 3. The number of halogens is 4. The second-order valence-electron chi connectivity index (χ2n) is 4.27. The quantitative estimate of drug-likeness (QED) is 0.817. The SMILES string of the molecule is Cc1c(-c2cccc(C(F)(F)F)c2F)sc(C(=O)O)c1N. The minimum atomic E-state index is -4.83. The molecule has 0 saturated carbocycles. The summed E-state index contributed by atoms with van der Waals surface area (Å²) < 4.78 is 52.2. The first-order valence-electron chi connectivity index (χ1n) is 5.62. The molecule has 0 fully saturated rings. The monoisotopic (exact) mass is 319 g/mol. The van der Waals surface area contributed by atoms with E-state index in [1.54, 1.807) is 0 Å². The Morgan fingerprint density at radius 1 is 1.33 bits per heavy atom. The van der Waals surface area contributed by atoms with E-state index < -0.39 is 23.5 Å². The standard InChI is InChI=1S/C13H9F4NO2S/c1-5-9(18)11(12(19)20)21-10(5)6-3-2-4-7(8(6)14)13(15,16)17/h2-4H,18H2,1H3,(H,19,20). The van der Waals surface area contributed by atoms with Crippen molar-refractivity contribution >= 4 is 23.0 Å². The van der Waals surface area contributed by atoms with Gasteiger partial charge in [-0.05, 0) is 18.6 Å². The van der Waals surface area contributed by atoms with Crippen molar-refractivity contribution in [2.45, 2.75) is 13.1 Å². The predicted octanol–water partition coefficient (Wildman–Crippen LogP) is 4.16. The summed E-state index contributed by atoms with van der Waals surface area (Å²) in [6.07, 6.45) is -4.83. The Morgan fingerprint density at radius 3 is 2.43 bits per heavy atom. The number of nitrogens with two attached hydrogens (primary N) is 1. The van der Waals surface area contributed by atoms with Crippen LogP contribution in [0.15, 0.2) is 18.2 Å². The van der Waals surface area contributed by atoms with Crippen molar-refractivity contribution in [1.29, 1.82) is 0 Å². The van der Waals surface area contributed by atoms with E-state index in [9.17, 15) is 22.4 Å². The fourth-order valence-corrected chi connectivity index (χ4v) is 2.95. The van der Waals surface area contributed by atoms with Crippen LogP contribution in [0.1, 0.15) is 20.8 Å². The lowest BCUT2D eigenvalue weighted by molar-refractivity contribution is -0.139. The summed E-state index contributed by atoms with van der Waals surface area (Å²) in [5, 5.41) is 8.96. The highest BCUT2D eigenvalue weighted by Crippen LogP contribution is 2.42. The van der Waals surface area contributed by atoms with Gasteiger partial charge in [0.15, 0.2) is 0 Å². The Labute approximate surface area is 120 Å². The van der Waals surface area contributed by atoms with Crippen molar-refractivity contribution in [2.75, 3.05) is 5.73 Å². The van der Waals surface area contributed by atoms with Crippen molar-refractivity contribution in [3.05, 3.63) is 40.0 Å². The Bertz CT molecular complexity index is 722. The fraction of sp³-hybridized carbons (Fsp3) is 0.154. The van der Waals surface area contributed by atoms with Crippen molar-refractivity contribution in [1.82, 2.24) is 0 Å². The number of carbonyl (C=O) groups is 1. The molecule has 21 heavy (non-hydrogen) atoms. The molecule has 1 aromatic carbocycles. The third kappa shape index (κ3) is 2.58. The highest BCUT2D eigenvalue weighted by molar-refractivity contribution is 7.18. The van der Waals surface area contributed by atoms with E-state index in [-0.39, 0.29) is 26.6 Å². The number of hydrogen-bond donors (Lipinski definition) is 2. The number of benzene rings is 1. The third-order valence-electron chi connectivity index (χ3n) is 2.94. The van der Waals surface area contributed by atoms with E-state index >= 15 is 0 Å². The van der Waals surface area contributed by atoms with Crippen LogP contribution in [0.2, 0.25) is 0 Å².